The second kappa shape index (κ2) is 6.72. The van der Waals surface area contributed by atoms with Crippen LogP contribution in [-0.4, -0.2) is 28.9 Å². The van der Waals surface area contributed by atoms with E-state index in [1.54, 1.807) is 16.2 Å². The molecule has 1 aromatic heterocycles. The molecule has 1 heterocycles. The lowest BCUT2D eigenvalue weighted by atomic mass is 10.1. The summed E-state index contributed by atoms with van der Waals surface area (Å²) in [5, 5.41) is 6.33. The zero-order valence-electron chi connectivity index (χ0n) is 12.9. The predicted molar refractivity (Wildman–Crippen MR) is 87.8 cm³/mol. The van der Waals surface area contributed by atoms with Crippen LogP contribution >= 0.6 is 11.3 Å². The summed E-state index contributed by atoms with van der Waals surface area (Å²) in [6.07, 6.45) is 0. The Morgan fingerprint density at radius 3 is 2.71 bits per heavy atom. The summed E-state index contributed by atoms with van der Waals surface area (Å²) in [7, 11) is 1.81. The van der Waals surface area contributed by atoms with Crippen molar-refractivity contribution in [2.45, 2.75) is 33.4 Å². The van der Waals surface area contributed by atoms with Gasteiger partial charge in [0, 0.05) is 24.2 Å². The van der Waals surface area contributed by atoms with Gasteiger partial charge in [0.05, 0.1) is 22.8 Å². The van der Waals surface area contributed by atoms with Gasteiger partial charge in [-0.1, -0.05) is 12.1 Å². The summed E-state index contributed by atoms with van der Waals surface area (Å²) < 4.78 is 0. The Hall–Kier alpha value is -1.88. The van der Waals surface area contributed by atoms with Crippen molar-refractivity contribution in [3.8, 4) is 0 Å². The Bertz CT molecular complexity index is 621. The van der Waals surface area contributed by atoms with Crippen molar-refractivity contribution in [2.24, 2.45) is 0 Å². The summed E-state index contributed by atoms with van der Waals surface area (Å²) >= 11 is 1.60. The minimum Gasteiger partial charge on any atom is -0.382 e. The molecule has 1 N–H and O–H groups in total. The van der Waals surface area contributed by atoms with E-state index >= 15 is 0 Å². The zero-order valence-corrected chi connectivity index (χ0v) is 13.7. The predicted octanol–water partition coefficient (Wildman–Crippen LogP) is 3.54. The molecule has 0 atom stereocenters. The van der Waals surface area contributed by atoms with E-state index in [1.165, 1.54) is 0 Å². The molecule has 0 aliphatic heterocycles. The molecule has 5 heteroatoms. The molecule has 112 valence electrons. The number of carbonyl (C=O) groups excluding carboxylic acids is 1. The standard InChI is InChI=1S/C16H21N3OS/c1-11(2)17-15-8-6-5-7-14(15)16(20)19(4)9-13-10-21-12(3)18-13/h5-8,10-11,17H,9H2,1-4H3. The van der Waals surface area contributed by atoms with Gasteiger partial charge in [-0.15, -0.1) is 11.3 Å². The minimum atomic E-state index is 0.00408. The molecule has 0 fully saturated rings. The Morgan fingerprint density at radius 1 is 1.38 bits per heavy atom. The molecule has 0 bridgehead atoms. The monoisotopic (exact) mass is 303 g/mol. The fourth-order valence-corrected chi connectivity index (χ4v) is 2.71. The van der Waals surface area contributed by atoms with Crippen molar-refractivity contribution in [1.82, 2.24) is 9.88 Å². The summed E-state index contributed by atoms with van der Waals surface area (Å²) in [4.78, 5) is 18.7. The number of para-hydroxylation sites is 1. The van der Waals surface area contributed by atoms with Gasteiger partial charge in [-0.05, 0) is 32.9 Å². The van der Waals surface area contributed by atoms with E-state index < -0.39 is 0 Å². The van der Waals surface area contributed by atoms with Gasteiger partial charge in [-0.2, -0.15) is 0 Å². The molecule has 21 heavy (non-hydrogen) atoms. The van der Waals surface area contributed by atoms with Gasteiger partial charge in [0.15, 0.2) is 0 Å². The number of aryl methyl sites for hydroxylation is 1. The highest BCUT2D eigenvalue weighted by molar-refractivity contribution is 7.09. The molecule has 1 aromatic carbocycles. The molecule has 0 aliphatic rings. The second-order valence-corrected chi connectivity index (χ2v) is 6.43. The van der Waals surface area contributed by atoms with E-state index in [2.05, 4.69) is 24.1 Å². The zero-order chi connectivity index (χ0) is 15.4. The van der Waals surface area contributed by atoms with Crippen molar-refractivity contribution in [3.05, 3.63) is 45.9 Å². The highest BCUT2D eigenvalue weighted by Gasteiger charge is 2.16. The van der Waals surface area contributed by atoms with Gasteiger partial charge in [0.2, 0.25) is 0 Å². The third kappa shape index (κ3) is 4.04. The Labute approximate surface area is 129 Å². The van der Waals surface area contributed by atoms with E-state index in [4.69, 9.17) is 0 Å². The largest absolute Gasteiger partial charge is 0.382 e. The highest BCUT2D eigenvalue weighted by Crippen LogP contribution is 2.19. The van der Waals surface area contributed by atoms with Gasteiger partial charge in [0.1, 0.15) is 0 Å². The average Bonchev–Trinajstić information content (AvgIpc) is 2.83. The number of aromatic nitrogens is 1. The molecule has 0 saturated carbocycles. The molecule has 2 rings (SSSR count). The maximum Gasteiger partial charge on any atom is 0.256 e. The van der Waals surface area contributed by atoms with Crippen LogP contribution < -0.4 is 5.32 Å². The van der Waals surface area contributed by atoms with E-state index in [0.717, 1.165) is 16.4 Å². The lowest BCUT2D eigenvalue weighted by Crippen LogP contribution is -2.27. The maximum atomic E-state index is 12.6. The van der Waals surface area contributed by atoms with Crippen molar-refractivity contribution in [3.63, 3.8) is 0 Å². The molecule has 1 amide bonds. The fourth-order valence-electron chi connectivity index (χ4n) is 2.11. The van der Waals surface area contributed by atoms with Gasteiger partial charge >= 0.3 is 0 Å². The molecular formula is C16H21N3OS. The average molecular weight is 303 g/mol. The van der Waals surface area contributed by atoms with Gasteiger partial charge in [-0.3, -0.25) is 4.79 Å². The number of nitrogens with one attached hydrogen (secondary N) is 1. The van der Waals surface area contributed by atoms with Crippen LogP contribution in [0, 0.1) is 6.92 Å². The summed E-state index contributed by atoms with van der Waals surface area (Å²) in [6, 6.07) is 7.90. The number of hydrogen-bond donors (Lipinski definition) is 1. The van der Waals surface area contributed by atoms with Crippen LogP contribution in [0.2, 0.25) is 0 Å². The Balaban J connectivity index is 2.15. The maximum absolute atomic E-state index is 12.6. The first-order valence-electron chi connectivity index (χ1n) is 6.99. The number of thiazole rings is 1. The molecule has 2 aromatic rings. The summed E-state index contributed by atoms with van der Waals surface area (Å²) in [5.74, 6) is 0.00408. The Morgan fingerprint density at radius 2 is 2.10 bits per heavy atom. The number of amides is 1. The lowest BCUT2D eigenvalue weighted by molar-refractivity contribution is 0.0784. The fraction of sp³-hybridized carbons (Fsp3) is 0.375. The van der Waals surface area contributed by atoms with Crippen molar-refractivity contribution in [1.29, 1.82) is 0 Å². The number of hydrogen-bond acceptors (Lipinski definition) is 4. The SMILES string of the molecule is Cc1nc(CN(C)C(=O)c2ccccc2NC(C)C)cs1. The third-order valence-corrected chi connectivity index (χ3v) is 3.84. The quantitative estimate of drug-likeness (QED) is 0.919. The van der Waals surface area contributed by atoms with Crippen molar-refractivity contribution < 1.29 is 4.79 Å². The lowest BCUT2D eigenvalue weighted by Gasteiger charge is -2.19. The first kappa shape index (κ1) is 15.5. The molecular weight excluding hydrogens is 282 g/mol. The number of benzene rings is 1. The normalized spacial score (nSPS) is 10.7. The van der Waals surface area contributed by atoms with Crippen LogP contribution in [-0.2, 0) is 6.54 Å². The van der Waals surface area contributed by atoms with Crippen LogP contribution in [0.5, 0.6) is 0 Å². The second-order valence-electron chi connectivity index (χ2n) is 5.36. The van der Waals surface area contributed by atoms with Gasteiger partial charge in [0.25, 0.3) is 5.91 Å². The van der Waals surface area contributed by atoms with Crippen LogP contribution in [0.25, 0.3) is 0 Å². The first-order valence-corrected chi connectivity index (χ1v) is 7.87. The smallest absolute Gasteiger partial charge is 0.256 e. The van der Waals surface area contributed by atoms with Crippen LogP contribution in [0.3, 0.4) is 0 Å². The minimum absolute atomic E-state index is 0.00408. The van der Waals surface area contributed by atoms with Gasteiger partial charge < -0.3 is 10.2 Å². The van der Waals surface area contributed by atoms with Crippen LogP contribution in [0.15, 0.2) is 29.6 Å². The Kier molecular flexibility index (Phi) is 4.96. The highest BCUT2D eigenvalue weighted by atomic mass is 32.1. The summed E-state index contributed by atoms with van der Waals surface area (Å²) in [5.41, 5.74) is 2.50. The number of anilines is 1. The van der Waals surface area contributed by atoms with Gasteiger partial charge in [-0.25, -0.2) is 4.98 Å². The van der Waals surface area contributed by atoms with E-state index in [9.17, 15) is 4.79 Å². The molecule has 4 nitrogen and oxygen atoms in total. The van der Waals surface area contributed by atoms with Crippen molar-refractivity contribution >= 4 is 22.9 Å². The van der Waals surface area contributed by atoms with E-state index in [1.807, 2.05) is 43.6 Å². The third-order valence-electron chi connectivity index (χ3n) is 3.01. The van der Waals surface area contributed by atoms with Crippen molar-refractivity contribution in [2.75, 3.05) is 12.4 Å². The van der Waals surface area contributed by atoms with E-state index in [0.29, 0.717) is 12.1 Å². The van der Waals surface area contributed by atoms with Crippen LogP contribution in [0.1, 0.15) is 34.9 Å². The first-order chi connectivity index (χ1) is 9.97. The molecule has 0 aliphatic carbocycles. The number of rotatable bonds is 5. The topological polar surface area (TPSA) is 45.2 Å². The molecule has 0 saturated heterocycles. The molecule has 0 spiro atoms. The summed E-state index contributed by atoms with van der Waals surface area (Å²) in [6.45, 7) is 6.61. The molecule has 0 radical (unpaired) electrons. The molecule has 0 unspecified atom stereocenters. The number of nitrogens with zero attached hydrogens (tertiary/aromatic N) is 2. The number of carbonyl (C=O) groups is 1. The van der Waals surface area contributed by atoms with E-state index in [-0.39, 0.29) is 11.9 Å². The van der Waals surface area contributed by atoms with Crippen LogP contribution in [0.4, 0.5) is 5.69 Å².